The van der Waals surface area contributed by atoms with Crippen molar-refractivity contribution in [3.05, 3.63) is 72.3 Å². The summed E-state index contributed by atoms with van der Waals surface area (Å²) in [5.74, 6) is 0.463. The number of hydrogen-bond donors (Lipinski definition) is 1. The second-order valence-electron chi connectivity index (χ2n) is 11.9. The minimum Gasteiger partial charge on any atom is -0.494 e. The zero-order chi connectivity index (χ0) is 31.5. The number of fused-ring (bicyclic) bond motifs is 2. The molecule has 45 heavy (non-hydrogen) atoms. The third-order valence-electron chi connectivity index (χ3n) is 9.41. The number of carbonyl (C=O) groups is 1. The van der Waals surface area contributed by atoms with E-state index in [9.17, 15) is 22.4 Å². The van der Waals surface area contributed by atoms with Crippen molar-refractivity contribution in [1.82, 2.24) is 9.97 Å². The van der Waals surface area contributed by atoms with Crippen LogP contribution in [0, 0.1) is 11.7 Å². The van der Waals surface area contributed by atoms with E-state index in [1.54, 1.807) is 13.2 Å². The monoisotopic (exact) mass is 624 g/mol. The average molecular weight is 625 g/mol. The van der Waals surface area contributed by atoms with Crippen molar-refractivity contribution in [2.75, 3.05) is 47.0 Å². The zero-order valence-electron chi connectivity index (χ0n) is 24.6. The molecule has 1 amide bonds. The van der Waals surface area contributed by atoms with Gasteiger partial charge in [-0.05, 0) is 67.5 Å². The lowest BCUT2D eigenvalue weighted by Crippen LogP contribution is -2.53. The summed E-state index contributed by atoms with van der Waals surface area (Å²) in [6.45, 7) is 5.79. The van der Waals surface area contributed by atoms with Crippen LogP contribution in [-0.4, -0.2) is 48.2 Å². The highest BCUT2D eigenvalue weighted by atomic mass is 19.4. The van der Waals surface area contributed by atoms with E-state index in [1.165, 1.54) is 17.5 Å². The van der Waals surface area contributed by atoms with Gasteiger partial charge in [0.05, 0.1) is 47.9 Å². The van der Waals surface area contributed by atoms with Gasteiger partial charge in [-0.1, -0.05) is 6.58 Å². The lowest BCUT2D eigenvalue weighted by atomic mass is 9.83. The number of methoxy groups -OCH3 is 1. The van der Waals surface area contributed by atoms with E-state index in [2.05, 4.69) is 26.8 Å². The Hall–Kier alpha value is -4.39. The summed E-state index contributed by atoms with van der Waals surface area (Å²) < 4.78 is 60.3. The molecule has 1 saturated carbocycles. The third-order valence-corrected chi connectivity index (χ3v) is 9.41. The van der Waals surface area contributed by atoms with Gasteiger partial charge in [0, 0.05) is 31.6 Å². The molecule has 0 radical (unpaired) electrons. The van der Waals surface area contributed by atoms with E-state index in [0.717, 1.165) is 62.3 Å². The number of aromatic nitrogens is 2. The summed E-state index contributed by atoms with van der Waals surface area (Å²) in [7, 11) is 1.57. The fraction of sp³-hybridized carbons (Fsp3) is 0.406. The van der Waals surface area contributed by atoms with Crippen LogP contribution in [-0.2, 0) is 15.8 Å². The van der Waals surface area contributed by atoms with Crippen molar-refractivity contribution in [2.45, 2.75) is 49.9 Å². The van der Waals surface area contributed by atoms with Crippen LogP contribution >= 0.6 is 0 Å². The Kier molecular flexibility index (Phi) is 7.10. The number of piperidine rings is 1. The Labute approximate surface area is 257 Å². The molecule has 8 rings (SSSR count). The summed E-state index contributed by atoms with van der Waals surface area (Å²) >= 11 is 0. The van der Waals surface area contributed by atoms with Crippen LogP contribution in [0.5, 0.6) is 5.75 Å². The number of nitrogens with zero attached hydrogens (tertiary/aromatic N) is 5. The van der Waals surface area contributed by atoms with Crippen molar-refractivity contribution in [3.8, 4) is 5.75 Å². The number of rotatable bonds is 6. The van der Waals surface area contributed by atoms with Crippen molar-refractivity contribution in [3.63, 3.8) is 0 Å². The van der Waals surface area contributed by atoms with E-state index in [1.807, 2.05) is 17.0 Å². The highest BCUT2D eigenvalue weighted by Crippen LogP contribution is 2.57. The van der Waals surface area contributed by atoms with Gasteiger partial charge in [0.1, 0.15) is 23.7 Å². The maximum Gasteiger partial charge on any atom is 0.416 e. The molecule has 1 aliphatic carbocycles. The van der Waals surface area contributed by atoms with Gasteiger partial charge in [-0.15, -0.1) is 0 Å². The van der Waals surface area contributed by atoms with E-state index < -0.39 is 23.6 Å². The van der Waals surface area contributed by atoms with Gasteiger partial charge in [-0.2, -0.15) is 13.2 Å². The molecule has 1 aromatic heterocycles. The summed E-state index contributed by atoms with van der Waals surface area (Å²) in [6.07, 6.45) is 2.21. The fourth-order valence-corrected chi connectivity index (χ4v) is 7.17. The molecule has 4 aliphatic heterocycles. The highest BCUT2D eigenvalue weighted by molar-refractivity contribution is 6.06. The molecular formula is C32H32F4N6O3. The van der Waals surface area contributed by atoms with Crippen LogP contribution in [0.1, 0.15) is 49.3 Å². The Bertz CT molecular complexity index is 1650. The van der Waals surface area contributed by atoms with Crippen LogP contribution in [0.3, 0.4) is 0 Å². The molecule has 1 N–H and O–H groups in total. The number of anilines is 5. The number of halogens is 4. The van der Waals surface area contributed by atoms with Crippen LogP contribution in [0.25, 0.3) is 0 Å². The predicted molar refractivity (Wildman–Crippen MR) is 160 cm³/mol. The normalized spacial score (nSPS) is 20.6. The van der Waals surface area contributed by atoms with Gasteiger partial charge < -0.3 is 19.9 Å². The molecule has 13 heteroatoms. The summed E-state index contributed by atoms with van der Waals surface area (Å²) in [5.41, 5.74) is 1.08. The molecule has 2 aromatic carbocycles. The maximum atomic E-state index is 14.2. The number of benzene rings is 2. The number of carbonyl (C=O) groups excluding carboxylic acids is 1. The quantitative estimate of drug-likeness (QED) is 0.244. The van der Waals surface area contributed by atoms with E-state index in [0.29, 0.717) is 35.7 Å². The standard InChI is InChI=1S/C32H32F4N6O3/c1-3-30(43)41-26-15-23(27(44-2)16-25(26)40-9-4-20(5-10-40)31(41)7-8-31)39-28-17-29(38-18-37-28)42-24(6-11-45-42)19-12-21(32(34,35)36)14-22(33)13-19/h3,12-18,20,24H,1,4-11H2,2H3,(H,37,38,39)/t24-/m1/s1. The number of hydroxylamine groups is 1. The van der Waals surface area contributed by atoms with Crippen molar-refractivity contribution < 1.29 is 31.9 Å². The number of amides is 1. The first-order valence-corrected chi connectivity index (χ1v) is 14.9. The number of ether oxygens (including phenoxy) is 1. The number of nitrogens with one attached hydrogen (secondary N) is 1. The summed E-state index contributed by atoms with van der Waals surface area (Å²) in [6, 6.07) is 7.22. The molecule has 3 fully saturated rings. The Morgan fingerprint density at radius 2 is 1.87 bits per heavy atom. The van der Waals surface area contributed by atoms with Crippen molar-refractivity contribution in [2.24, 2.45) is 5.92 Å². The molecule has 236 valence electrons. The smallest absolute Gasteiger partial charge is 0.416 e. The minimum atomic E-state index is -4.69. The van der Waals surface area contributed by atoms with Crippen LogP contribution in [0.2, 0.25) is 0 Å². The zero-order valence-corrected chi connectivity index (χ0v) is 24.6. The van der Waals surface area contributed by atoms with Gasteiger partial charge in [0.25, 0.3) is 5.91 Å². The van der Waals surface area contributed by atoms with Crippen LogP contribution in [0.4, 0.5) is 46.3 Å². The van der Waals surface area contributed by atoms with Gasteiger partial charge in [0.15, 0.2) is 5.82 Å². The Balaban J connectivity index is 1.23. The van der Waals surface area contributed by atoms with E-state index >= 15 is 0 Å². The molecule has 2 saturated heterocycles. The van der Waals surface area contributed by atoms with Crippen LogP contribution < -0.4 is 24.9 Å². The molecule has 5 heterocycles. The SMILES string of the molecule is C=CC(=O)N1c2cc(Nc3cc(N4OCC[C@@H]4c4cc(F)cc(C(F)(F)F)c4)ncn3)c(OC)cc2N2CCC(CC2)C12CC2. The number of hydrogen-bond acceptors (Lipinski definition) is 8. The third kappa shape index (κ3) is 5.12. The van der Waals surface area contributed by atoms with E-state index in [4.69, 9.17) is 9.57 Å². The lowest BCUT2D eigenvalue weighted by molar-refractivity contribution is -0.137. The first-order chi connectivity index (χ1) is 21.6. The molecular weight excluding hydrogens is 592 g/mol. The molecule has 2 bridgehead atoms. The molecule has 1 atom stereocenters. The molecule has 5 aliphatic rings. The first-order valence-electron chi connectivity index (χ1n) is 14.9. The second-order valence-corrected chi connectivity index (χ2v) is 11.9. The first kappa shape index (κ1) is 29.3. The number of alkyl halides is 3. The molecule has 0 unspecified atom stereocenters. The molecule has 3 aromatic rings. The Morgan fingerprint density at radius 1 is 1.09 bits per heavy atom. The summed E-state index contributed by atoms with van der Waals surface area (Å²) in [5, 5.41) is 4.67. The topological polar surface area (TPSA) is 83.1 Å². The van der Waals surface area contributed by atoms with Crippen LogP contribution in [0.15, 0.2) is 55.4 Å². The fourth-order valence-electron chi connectivity index (χ4n) is 7.17. The summed E-state index contributed by atoms with van der Waals surface area (Å²) in [4.78, 5) is 32.0. The lowest BCUT2D eigenvalue weighted by Gasteiger charge is -2.47. The average Bonchev–Trinajstić information content (AvgIpc) is 3.67. The Morgan fingerprint density at radius 3 is 2.56 bits per heavy atom. The maximum absolute atomic E-state index is 14.2. The van der Waals surface area contributed by atoms with Gasteiger partial charge in [0.2, 0.25) is 0 Å². The largest absolute Gasteiger partial charge is 0.494 e. The van der Waals surface area contributed by atoms with Gasteiger partial charge in [-0.3, -0.25) is 9.63 Å². The van der Waals surface area contributed by atoms with Gasteiger partial charge in [-0.25, -0.2) is 19.4 Å². The van der Waals surface area contributed by atoms with Crippen molar-refractivity contribution >= 4 is 34.6 Å². The van der Waals surface area contributed by atoms with Gasteiger partial charge >= 0.3 is 6.18 Å². The molecule has 1 spiro atoms. The predicted octanol–water partition coefficient (Wildman–Crippen LogP) is 6.55. The minimum absolute atomic E-state index is 0.126. The second kappa shape index (κ2) is 10.9. The van der Waals surface area contributed by atoms with Crippen molar-refractivity contribution in [1.29, 1.82) is 0 Å². The van der Waals surface area contributed by atoms with E-state index in [-0.39, 0.29) is 29.4 Å². The molecule has 9 nitrogen and oxygen atoms in total. The highest BCUT2D eigenvalue weighted by Gasteiger charge is 2.57.